The second kappa shape index (κ2) is 22.6. The predicted octanol–water partition coefficient (Wildman–Crippen LogP) is 6.65. The van der Waals surface area contributed by atoms with Crippen LogP contribution < -0.4 is 0 Å². The highest BCUT2D eigenvalue weighted by molar-refractivity contribution is 5.67. The standard InChI is InChI=1S/C28H51NO6/c1-2-3-4-5-6-7-8-9-10-11-12-13-14-15-16-17-18-22-29(23-19-26(30)31,24-20-27(32)33)25-21-28(34)35/h7-8H,2-6,9-25H2,1H3,(H2-,30,31,32,33,34,35)/p+1/b8-7+. The van der Waals surface area contributed by atoms with Crippen molar-refractivity contribution in [1.29, 1.82) is 0 Å². The number of nitrogens with zero attached hydrogens (tertiary/aromatic N) is 1. The molecule has 0 fully saturated rings. The number of hydrogen-bond acceptors (Lipinski definition) is 3. The molecule has 0 aliphatic heterocycles. The Hall–Kier alpha value is -1.89. The van der Waals surface area contributed by atoms with Crippen molar-refractivity contribution in [2.75, 3.05) is 26.2 Å². The maximum absolute atomic E-state index is 11.1. The molecule has 0 aromatic rings. The van der Waals surface area contributed by atoms with E-state index in [2.05, 4.69) is 19.1 Å². The lowest BCUT2D eigenvalue weighted by atomic mass is 10.1. The summed E-state index contributed by atoms with van der Waals surface area (Å²) in [5, 5.41) is 27.3. The highest BCUT2D eigenvalue weighted by Crippen LogP contribution is 2.17. The van der Waals surface area contributed by atoms with Crippen molar-refractivity contribution in [1.82, 2.24) is 0 Å². The minimum atomic E-state index is -0.934. The average Bonchev–Trinajstić information content (AvgIpc) is 2.81. The molecule has 0 saturated carbocycles. The molecule has 3 N–H and O–H groups in total. The van der Waals surface area contributed by atoms with E-state index in [4.69, 9.17) is 15.3 Å². The van der Waals surface area contributed by atoms with Crippen LogP contribution in [0.15, 0.2) is 12.2 Å². The minimum Gasteiger partial charge on any atom is -0.481 e. The van der Waals surface area contributed by atoms with Crippen molar-refractivity contribution in [2.45, 2.75) is 122 Å². The van der Waals surface area contributed by atoms with Crippen LogP contribution in [0.5, 0.6) is 0 Å². The van der Waals surface area contributed by atoms with E-state index in [0.717, 1.165) is 19.3 Å². The summed E-state index contributed by atoms with van der Waals surface area (Å²) in [6.45, 7) is 3.73. The van der Waals surface area contributed by atoms with E-state index in [1.54, 1.807) is 0 Å². The molecule has 0 saturated heterocycles. The molecule has 7 heteroatoms. The Morgan fingerprint density at radius 2 is 0.857 bits per heavy atom. The van der Waals surface area contributed by atoms with Gasteiger partial charge in [0.25, 0.3) is 0 Å². The monoisotopic (exact) mass is 498 g/mol. The fourth-order valence-electron chi connectivity index (χ4n) is 4.54. The summed E-state index contributed by atoms with van der Waals surface area (Å²) in [5.74, 6) is -2.80. The molecular formula is C28H52NO6+. The number of carboxylic acid groups (broad SMARTS) is 3. The molecule has 0 unspecified atom stereocenters. The van der Waals surface area contributed by atoms with Crippen molar-refractivity contribution in [3.05, 3.63) is 12.2 Å². The fourth-order valence-corrected chi connectivity index (χ4v) is 4.54. The summed E-state index contributed by atoms with van der Waals surface area (Å²) >= 11 is 0. The molecule has 0 aromatic carbocycles. The second-order valence-corrected chi connectivity index (χ2v) is 9.96. The molecule has 0 bridgehead atoms. The van der Waals surface area contributed by atoms with E-state index in [1.165, 1.54) is 77.0 Å². The fraction of sp³-hybridized carbons (Fsp3) is 0.821. The number of hydrogen-bond donors (Lipinski definition) is 3. The van der Waals surface area contributed by atoms with Crippen LogP contribution >= 0.6 is 0 Å². The quantitative estimate of drug-likeness (QED) is 0.0699. The Balaban J connectivity index is 4.05. The molecule has 0 rings (SSSR count). The Kier molecular flexibility index (Phi) is 21.3. The molecule has 0 aliphatic rings. The van der Waals surface area contributed by atoms with E-state index in [-0.39, 0.29) is 43.4 Å². The third-order valence-electron chi connectivity index (χ3n) is 6.79. The van der Waals surface area contributed by atoms with Gasteiger partial charge in [0.15, 0.2) is 0 Å². The zero-order chi connectivity index (χ0) is 26.2. The van der Waals surface area contributed by atoms with Crippen LogP contribution in [-0.2, 0) is 14.4 Å². The van der Waals surface area contributed by atoms with Gasteiger partial charge < -0.3 is 19.8 Å². The third kappa shape index (κ3) is 22.3. The number of unbranched alkanes of at least 4 members (excludes halogenated alkanes) is 13. The van der Waals surface area contributed by atoms with Crippen molar-refractivity contribution >= 4 is 17.9 Å². The molecule has 204 valence electrons. The molecule has 0 amide bonds. The van der Waals surface area contributed by atoms with Gasteiger partial charge >= 0.3 is 17.9 Å². The molecular weight excluding hydrogens is 446 g/mol. The summed E-state index contributed by atoms with van der Waals surface area (Å²) in [6, 6.07) is 0. The smallest absolute Gasteiger partial charge is 0.309 e. The zero-order valence-corrected chi connectivity index (χ0v) is 22.2. The molecule has 0 aromatic heterocycles. The summed E-state index contributed by atoms with van der Waals surface area (Å²) in [7, 11) is 0. The van der Waals surface area contributed by atoms with Gasteiger partial charge in [0.2, 0.25) is 0 Å². The molecule has 0 heterocycles. The maximum Gasteiger partial charge on any atom is 0.309 e. The molecule has 0 spiro atoms. The zero-order valence-electron chi connectivity index (χ0n) is 22.2. The highest BCUT2D eigenvalue weighted by atomic mass is 16.4. The minimum absolute atomic E-state index is 0.0754. The van der Waals surface area contributed by atoms with Crippen LogP contribution in [0.2, 0.25) is 0 Å². The van der Waals surface area contributed by atoms with E-state index < -0.39 is 17.9 Å². The van der Waals surface area contributed by atoms with E-state index >= 15 is 0 Å². The highest BCUT2D eigenvalue weighted by Gasteiger charge is 2.29. The predicted molar refractivity (Wildman–Crippen MR) is 141 cm³/mol. The topological polar surface area (TPSA) is 112 Å². The lowest BCUT2D eigenvalue weighted by molar-refractivity contribution is -0.927. The summed E-state index contributed by atoms with van der Waals surface area (Å²) in [5.41, 5.74) is 0. The molecule has 0 aliphatic carbocycles. The van der Waals surface area contributed by atoms with Gasteiger partial charge in [0.1, 0.15) is 0 Å². The van der Waals surface area contributed by atoms with Crippen molar-refractivity contribution < 1.29 is 34.2 Å². The van der Waals surface area contributed by atoms with Crippen LogP contribution in [-0.4, -0.2) is 63.9 Å². The molecule has 0 atom stereocenters. The van der Waals surface area contributed by atoms with Gasteiger partial charge in [-0.3, -0.25) is 14.4 Å². The maximum atomic E-state index is 11.1. The second-order valence-electron chi connectivity index (χ2n) is 9.96. The van der Waals surface area contributed by atoms with Gasteiger partial charge in [-0.2, -0.15) is 0 Å². The molecule has 7 nitrogen and oxygen atoms in total. The van der Waals surface area contributed by atoms with Crippen LogP contribution in [0.1, 0.15) is 122 Å². The van der Waals surface area contributed by atoms with Gasteiger partial charge in [0, 0.05) is 0 Å². The van der Waals surface area contributed by atoms with Gasteiger partial charge in [0.05, 0.1) is 45.4 Å². The first kappa shape index (κ1) is 33.1. The first-order valence-corrected chi connectivity index (χ1v) is 14.0. The van der Waals surface area contributed by atoms with E-state index in [1.807, 2.05) is 0 Å². The summed E-state index contributed by atoms with van der Waals surface area (Å²) in [4.78, 5) is 33.3. The van der Waals surface area contributed by atoms with Crippen molar-refractivity contribution in [3.63, 3.8) is 0 Å². The Morgan fingerprint density at radius 3 is 1.23 bits per heavy atom. The van der Waals surface area contributed by atoms with E-state index in [9.17, 15) is 14.4 Å². The van der Waals surface area contributed by atoms with Gasteiger partial charge in [-0.25, -0.2) is 0 Å². The number of aliphatic carboxylic acids is 3. The number of rotatable bonds is 26. The normalized spacial score (nSPS) is 11.8. The Labute approximate surface area is 213 Å². The number of quaternary nitrogens is 1. The van der Waals surface area contributed by atoms with Crippen molar-refractivity contribution in [2.24, 2.45) is 0 Å². The lowest BCUT2D eigenvalue weighted by Crippen LogP contribution is -2.52. The first-order valence-electron chi connectivity index (χ1n) is 14.0. The summed E-state index contributed by atoms with van der Waals surface area (Å²) < 4.78 is 0.262. The SMILES string of the molecule is CCCCCC/C=C/CCCCCCCCCCC[N+](CCC(=O)O)(CCC(=O)O)CCC(=O)O. The molecule has 0 radical (unpaired) electrons. The van der Waals surface area contributed by atoms with E-state index in [0.29, 0.717) is 6.54 Å². The average molecular weight is 499 g/mol. The van der Waals surface area contributed by atoms with Gasteiger partial charge in [-0.1, -0.05) is 76.9 Å². The Bertz CT molecular complexity index is 544. The van der Waals surface area contributed by atoms with Crippen molar-refractivity contribution in [3.8, 4) is 0 Å². The number of carboxylic acids is 3. The summed E-state index contributed by atoms with van der Waals surface area (Å²) in [6.07, 6.45) is 22.7. The van der Waals surface area contributed by atoms with Gasteiger partial charge in [-0.15, -0.1) is 0 Å². The van der Waals surface area contributed by atoms with Crippen LogP contribution in [0.25, 0.3) is 0 Å². The first-order chi connectivity index (χ1) is 16.8. The van der Waals surface area contributed by atoms with Crippen LogP contribution in [0, 0.1) is 0 Å². The van der Waals surface area contributed by atoms with Gasteiger partial charge in [-0.05, 0) is 38.5 Å². The number of allylic oxidation sites excluding steroid dienone is 2. The van der Waals surface area contributed by atoms with Crippen LogP contribution in [0.4, 0.5) is 0 Å². The molecule has 35 heavy (non-hydrogen) atoms. The number of carbonyl (C=O) groups is 3. The van der Waals surface area contributed by atoms with Crippen LogP contribution in [0.3, 0.4) is 0 Å². The largest absolute Gasteiger partial charge is 0.481 e. The third-order valence-corrected chi connectivity index (χ3v) is 6.79. The Morgan fingerprint density at radius 1 is 0.514 bits per heavy atom. The lowest BCUT2D eigenvalue weighted by Gasteiger charge is -2.38.